The summed E-state index contributed by atoms with van der Waals surface area (Å²) < 4.78 is 0. The van der Waals surface area contributed by atoms with Gasteiger partial charge in [-0.2, -0.15) is 0 Å². The number of para-hydroxylation sites is 1. The van der Waals surface area contributed by atoms with E-state index in [1.807, 2.05) is 7.05 Å². The van der Waals surface area contributed by atoms with Crippen LogP contribution in [0, 0.1) is 0 Å². The fourth-order valence-electron chi connectivity index (χ4n) is 2.59. The molecule has 1 saturated heterocycles. The Kier molecular flexibility index (Phi) is 8.50. The number of anilines is 1. The average Bonchev–Trinajstić information content (AvgIpc) is 2.72. The first kappa shape index (κ1) is 19.5. The first-order valence-corrected chi connectivity index (χ1v) is 7.98. The van der Waals surface area contributed by atoms with E-state index in [0.717, 1.165) is 32.4 Å². The largest absolute Gasteiger partial charge is 0.322 e. The molecule has 22 heavy (non-hydrogen) atoms. The van der Waals surface area contributed by atoms with Crippen molar-refractivity contribution in [3.8, 4) is 0 Å². The van der Waals surface area contributed by atoms with Gasteiger partial charge in [0.1, 0.15) is 0 Å². The second kappa shape index (κ2) is 9.58. The van der Waals surface area contributed by atoms with Gasteiger partial charge in [-0.3, -0.25) is 9.69 Å². The molecule has 0 saturated carbocycles. The van der Waals surface area contributed by atoms with Gasteiger partial charge >= 0.3 is 0 Å². The summed E-state index contributed by atoms with van der Waals surface area (Å²) in [5.74, 6) is -0.0929. The maximum absolute atomic E-state index is 12.2. The predicted molar refractivity (Wildman–Crippen MR) is 95.5 cm³/mol. The van der Waals surface area contributed by atoms with Crippen molar-refractivity contribution in [2.45, 2.75) is 25.3 Å². The summed E-state index contributed by atoms with van der Waals surface area (Å²) in [5.41, 5.74) is 0.488. The quantitative estimate of drug-likeness (QED) is 0.858. The first-order chi connectivity index (χ1) is 10.1. The summed E-state index contributed by atoms with van der Waals surface area (Å²) in [6, 6.07) is 5.62. The van der Waals surface area contributed by atoms with Gasteiger partial charge in [0.05, 0.1) is 22.3 Å². The first-order valence-electron chi connectivity index (χ1n) is 7.22. The molecule has 1 fully saturated rings. The minimum atomic E-state index is -0.0929. The summed E-state index contributed by atoms with van der Waals surface area (Å²) in [6.07, 6.45) is 3.33. The molecule has 1 unspecified atom stereocenters. The van der Waals surface area contributed by atoms with E-state index in [1.165, 1.54) is 0 Å². The number of halogens is 3. The molecule has 0 aliphatic carbocycles. The van der Waals surface area contributed by atoms with Crippen LogP contribution >= 0.6 is 35.6 Å². The standard InChI is InChI=1S/C15H21Cl2N3O.ClH/c1-20(11-4-3-8-18-9-7-11)10-14(21)19-15-12(16)5-2-6-13(15)17;/h2,5-6,11,18H,3-4,7-10H2,1H3,(H,19,21);1H. The molecule has 1 aromatic carbocycles. The van der Waals surface area contributed by atoms with E-state index in [9.17, 15) is 4.79 Å². The zero-order valence-electron chi connectivity index (χ0n) is 12.6. The van der Waals surface area contributed by atoms with Crippen molar-refractivity contribution in [1.29, 1.82) is 0 Å². The van der Waals surface area contributed by atoms with Gasteiger partial charge in [-0.05, 0) is 51.5 Å². The van der Waals surface area contributed by atoms with E-state index >= 15 is 0 Å². The number of nitrogens with one attached hydrogen (secondary N) is 2. The normalized spacial score (nSPS) is 18.5. The van der Waals surface area contributed by atoms with Crippen LogP contribution in [0.3, 0.4) is 0 Å². The lowest BCUT2D eigenvalue weighted by molar-refractivity contribution is -0.117. The van der Waals surface area contributed by atoms with Crippen LogP contribution in [0.1, 0.15) is 19.3 Å². The minimum absolute atomic E-state index is 0. The van der Waals surface area contributed by atoms with E-state index in [-0.39, 0.29) is 18.3 Å². The van der Waals surface area contributed by atoms with Gasteiger partial charge in [0, 0.05) is 6.04 Å². The molecule has 1 amide bonds. The van der Waals surface area contributed by atoms with E-state index in [0.29, 0.717) is 28.3 Å². The van der Waals surface area contributed by atoms with Crippen LogP contribution in [0.15, 0.2) is 18.2 Å². The molecular formula is C15H22Cl3N3O. The summed E-state index contributed by atoms with van der Waals surface area (Å²) in [4.78, 5) is 14.3. The molecule has 1 atom stereocenters. The van der Waals surface area contributed by atoms with E-state index in [2.05, 4.69) is 15.5 Å². The monoisotopic (exact) mass is 365 g/mol. The number of carbonyl (C=O) groups excluding carboxylic acids is 1. The molecule has 4 nitrogen and oxygen atoms in total. The molecule has 1 aromatic rings. The molecule has 1 heterocycles. The molecule has 7 heteroatoms. The highest BCUT2D eigenvalue weighted by atomic mass is 35.5. The molecular weight excluding hydrogens is 345 g/mol. The van der Waals surface area contributed by atoms with Crippen LogP contribution in [-0.4, -0.2) is 43.5 Å². The van der Waals surface area contributed by atoms with Gasteiger partial charge < -0.3 is 10.6 Å². The van der Waals surface area contributed by atoms with Gasteiger partial charge in [0.15, 0.2) is 0 Å². The second-order valence-electron chi connectivity index (χ2n) is 5.39. The number of rotatable bonds is 4. The maximum Gasteiger partial charge on any atom is 0.238 e. The van der Waals surface area contributed by atoms with E-state index in [1.54, 1.807) is 18.2 Å². The predicted octanol–water partition coefficient (Wildman–Crippen LogP) is 3.43. The highest BCUT2D eigenvalue weighted by Gasteiger charge is 2.19. The lowest BCUT2D eigenvalue weighted by atomic mass is 10.1. The topological polar surface area (TPSA) is 44.4 Å². The molecule has 1 aliphatic rings. The van der Waals surface area contributed by atoms with Crippen molar-refractivity contribution < 1.29 is 4.79 Å². The van der Waals surface area contributed by atoms with Crippen LogP contribution in [0.4, 0.5) is 5.69 Å². The zero-order chi connectivity index (χ0) is 15.2. The van der Waals surface area contributed by atoms with Crippen molar-refractivity contribution in [2.75, 3.05) is 32.0 Å². The van der Waals surface area contributed by atoms with Gasteiger partial charge in [-0.15, -0.1) is 12.4 Å². The third kappa shape index (κ3) is 5.60. The van der Waals surface area contributed by atoms with Crippen LogP contribution in [0.2, 0.25) is 10.0 Å². The minimum Gasteiger partial charge on any atom is -0.322 e. The Morgan fingerprint density at radius 2 is 2.00 bits per heavy atom. The van der Waals surface area contributed by atoms with Gasteiger partial charge in [-0.1, -0.05) is 29.3 Å². The number of carbonyl (C=O) groups is 1. The molecule has 0 aromatic heterocycles. The fraction of sp³-hybridized carbons (Fsp3) is 0.533. The van der Waals surface area contributed by atoms with Crippen molar-refractivity contribution in [3.63, 3.8) is 0 Å². The Balaban J connectivity index is 0.00000242. The van der Waals surface area contributed by atoms with Crippen LogP contribution in [0.5, 0.6) is 0 Å². The third-order valence-electron chi connectivity index (χ3n) is 3.79. The molecule has 2 rings (SSSR count). The summed E-state index contributed by atoms with van der Waals surface area (Å²) in [7, 11) is 1.99. The van der Waals surface area contributed by atoms with E-state index in [4.69, 9.17) is 23.2 Å². The Hall–Kier alpha value is -0.520. The van der Waals surface area contributed by atoms with Crippen LogP contribution in [0.25, 0.3) is 0 Å². The fourth-order valence-corrected chi connectivity index (χ4v) is 3.09. The molecule has 0 radical (unpaired) electrons. The lowest BCUT2D eigenvalue weighted by Crippen LogP contribution is -2.38. The molecule has 2 N–H and O–H groups in total. The third-order valence-corrected chi connectivity index (χ3v) is 4.42. The zero-order valence-corrected chi connectivity index (χ0v) is 14.9. The molecule has 1 aliphatic heterocycles. The number of hydrogen-bond acceptors (Lipinski definition) is 3. The second-order valence-corrected chi connectivity index (χ2v) is 6.21. The highest BCUT2D eigenvalue weighted by molar-refractivity contribution is 6.39. The van der Waals surface area contributed by atoms with Crippen LogP contribution < -0.4 is 10.6 Å². The Labute approximate surface area is 147 Å². The summed E-state index contributed by atoms with van der Waals surface area (Å²) in [6.45, 7) is 2.41. The van der Waals surface area contributed by atoms with Crippen LogP contribution in [-0.2, 0) is 4.79 Å². The lowest BCUT2D eigenvalue weighted by Gasteiger charge is -2.26. The smallest absolute Gasteiger partial charge is 0.238 e. The molecule has 0 bridgehead atoms. The summed E-state index contributed by atoms with van der Waals surface area (Å²) in [5, 5.41) is 7.09. The van der Waals surface area contributed by atoms with Gasteiger partial charge in [0.2, 0.25) is 5.91 Å². The maximum atomic E-state index is 12.2. The number of hydrogen-bond donors (Lipinski definition) is 2. The number of nitrogens with zero attached hydrogens (tertiary/aromatic N) is 1. The van der Waals surface area contributed by atoms with E-state index < -0.39 is 0 Å². The van der Waals surface area contributed by atoms with Crippen molar-refractivity contribution >= 4 is 47.2 Å². The Morgan fingerprint density at radius 1 is 1.32 bits per heavy atom. The Morgan fingerprint density at radius 3 is 2.68 bits per heavy atom. The SMILES string of the molecule is CN(CC(=O)Nc1c(Cl)cccc1Cl)C1CCCNCC1.Cl. The van der Waals surface area contributed by atoms with Crippen molar-refractivity contribution in [1.82, 2.24) is 10.2 Å². The molecule has 124 valence electrons. The number of amides is 1. The average molecular weight is 367 g/mol. The van der Waals surface area contributed by atoms with Gasteiger partial charge in [-0.25, -0.2) is 0 Å². The van der Waals surface area contributed by atoms with Gasteiger partial charge in [0.25, 0.3) is 0 Å². The summed E-state index contributed by atoms with van der Waals surface area (Å²) >= 11 is 12.1. The van der Waals surface area contributed by atoms with Crippen molar-refractivity contribution in [3.05, 3.63) is 28.2 Å². The highest BCUT2D eigenvalue weighted by Crippen LogP contribution is 2.29. The molecule has 0 spiro atoms. The Bertz CT molecular complexity index is 471. The number of likely N-dealkylation sites (N-methyl/N-ethyl adjacent to an activating group) is 1. The van der Waals surface area contributed by atoms with Crippen molar-refractivity contribution in [2.24, 2.45) is 0 Å². The number of benzene rings is 1.